The Labute approximate surface area is 104 Å². The zero-order valence-electron chi connectivity index (χ0n) is 8.74. The summed E-state index contributed by atoms with van der Waals surface area (Å²) < 4.78 is 1.23. The summed E-state index contributed by atoms with van der Waals surface area (Å²) in [7, 11) is 1.89. The second-order valence-corrected chi connectivity index (χ2v) is 5.34. The molecule has 2 nitrogen and oxygen atoms in total. The van der Waals surface area contributed by atoms with Crippen LogP contribution in [-0.2, 0) is 11.3 Å². The van der Waals surface area contributed by atoms with Crippen LogP contribution in [0.1, 0.15) is 18.4 Å². The molecule has 15 heavy (non-hydrogen) atoms. The molecule has 0 atom stereocenters. The Morgan fingerprint density at radius 3 is 2.53 bits per heavy atom. The first-order valence-corrected chi connectivity index (χ1v) is 6.24. The van der Waals surface area contributed by atoms with E-state index in [0.29, 0.717) is 11.8 Å². The number of nitrogens with zero attached hydrogens (tertiary/aromatic N) is 1. The lowest BCUT2D eigenvalue weighted by atomic mass is 10.2. The SMILES string of the molecule is CN(Cc1ccc(I)cc1)C(=O)C1CC1. The van der Waals surface area contributed by atoms with Crippen LogP contribution in [0, 0.1) is 9.49 Å². The monoisotopic (exact) mass is 315 g/mol. The predicted octanol–water partition coefficient (Wildman–Crippen LogP) is 2.66. The van der Waals surface area contributed by atoms with Crippen molar-refractivity contribution in [3.63, 3.8) is 0 Å². The molecule has 1 saturated carbocycles. The molecule has 0 bridgehead atoms. The predicted molar refractivity (Wildman–Crippen MR) is 68.4 cm³/mol. The summed E-state index contributed by atoms with van der Waals surface area (Å²) in [5.74, 6) is 0.618. The normalized spacial score (nSPS) is 15.1. The molecule has 1 aromatic rings. The summed E-state index contributed by atoms with van der Waals surface area (Å²) in [6, 6.07) is 8.31. The summed E-state index contributed by atoms with van der Waals surface area (Å²) in [6.07, 6.45) is 2.16. The molecule has 0 aliphatic heterocycles. The lowest BCUT2D eigenvalue weighted by molar-refractivity contribution is -0.131. The highest BCUT2D eigenvalue weighted by atomic mass is 127. The van der Waals surface area contributed by atoms with Gasteiger partial charge in [0.2, 0.25) is 5.91 Å². The highest BCUT2D eigenvalue weighted by Crippen LogP contribution is 2.30. The molecule has 0 saturated heterocycles. The lowest BCUT2D eigenvalue weighted by Crippen LogP contribution is -2.27. The van der Waals surface area contributed by atoms with Crippen LogP contribution in [0.15, 0.2) is 24.3 Å². The number of carbonyl (C=O) groups excluding carboxylic acids is 1. The molecule has 0 N–H and O–H groups in total. The number of amides is 1. The van der Waals surface area contributed by atoms with Crippen LogP contribution in [0.25, 0.3) is 0 Å². The van der Waals surface area contributed by atoms with Crippen LogP contribution in [0.3, 0.4) is 0 Å². The first-order chi connectivity index (χ1) is 7.16. The van der Waals surface area contributed by atoms with Gasteiger partial charge in [0, 0.05) is 23.1 Å². The second kappa shape index (κ2) is 4.51. The topological polar surface area (TPSA) is 20.3 Å². The zero-order valence-corrected chi connectivity index (χ0v) is 10.9. The number of halogens is 1. The molecule has 1 aliphatic carbocycles. The minimum atomic E-state index is 0.300. The van der Waals surface area contributed by atoms with Crippen molar-refractivity contribution in [2.45, 2.75) is 19.4 Å². The van der Waals surface area contributed by atoms with E-state index in [4.69, 9.17) is 0 Å². The first-order valence-electron chi connectivity index (χ1n) is 5.16. The van der Waals surface area contributed by atoms with Gasteiger partial charge in [-0.2, -0.15) is 0 Å². The molecule has 1 amide bonds. The Hall–Kier alpha value is -0.580. The standard InChI is InChI=1S/C12H14INO/c1-14(12(15)10-4-5-10)8-9-2-6-11(13)7-3-9/h2-3,6-7,10H,4-5,8H2,1H3. The average Bonchev–Trinajstić information content (AvgIpc) is 3.04. The van der Waals surface area contributed by atoms with Gasteiger partial charge in [-0.05, 0) is 53.1 Å². The molecule has 0 aromatic heterocycles. The van der Waals surface area contributed by atoms with Crippen molar-refractivity contribution in [2.24, 2.45) is 5.92 Å². The Morgan fingerprint density at radius 1 is 1.40 bits per heavy atom. The minimum Gasteiger partial charge on any atom is -0.341 e. The van der Waals surface area contributed by atoms with Gasteiger partial charge in [-0.3, -0.25) is 4.79 Å². The van der Waals surface area contributed by atoms with Gasteiger partial charge in [0.15, 0.2) is 0 Å². The number of carbonyl (C=O) groups is 1. The third-order valence-electron chi connectivity index (χ3n) is 2.64. The van der Waals surface area contributed by atoms with E-state index in [0.717, 1.165) is 19.4 Å². The number of rotatable bonds is 3. The second-order valence-electron chi connectivity index (χ2n) is 4.10. The Kier molecular flexibility index (Phi) is 3.29. The third-order valence-corrected chi connectivity index (χ3v) is 3.35. The molecule has 1 aromatic carbocycles. The summed E-state index contributed by atoms with van der Waals surface area (Å²) in [5.41, 5.74) is 1.20. The largest absolute Gasteiger partial charge is 0.341 e. The van der Waals surface area contributed by atoms with E-state index in [1.54, 1.807) is 0 Å². The van der Waals surface area contributed by atoms with Crippen molar-refractivity contribution < 1.29 is 4.79 Å². The van der Waals surface area contributed by atoms with E-state index >= 15 is 0 Å². The maximum Gasteiger partial charge on any atom is 0.225 e. The molecular formula is C12H14INO. The Morgan fingerprint density at radius 2 is 2.00 bits per heavy atom. The summed E-state index contributed by atoms with van der Waals surface area (Å²) >= 11 is 2.28. The summed E-state index contributed by atoms with van der Waals surface area (Å²) in [6.45, 7) is 0.728. The molecule has 2 rings (SSSR count). The maximum absolute atomic E-state index is 11.7. The summed E-state index contributed by atoms with van der Waals surface area (Å²) in [4.78, 5) is 13.5. The number of hydrogen-bond acceptors (Lipinski definition) is 1. The molecule has 1 aliphatic rings. The Bertz CT molecular complexity index is 356. The van der Waals surface area contributed by atoms with Crippen molar-refractivity contribution in [3.8, 4) is 0 Å². The van der Waals surface area contributed by atoms with Gasteiger partial charge in [-0.15, -0.1) is 0 Å². The third kappa shape index (κ3) is 2.93. The molecule has 0 unspecified atom stereocenters. The van der Waals surface area contributed by atoms with Gasteiger partial charge in [0.1, 0.15) is 0 Å². The molecule has 0 spiro atoms. The molecule has 0 heterocycles. The van der Waals surface area contributed by atoms with Crippen molar-refractivity contribution >= 4 is 28.5 Å². The molecule has 1 fully saturated rings. The van der Waals surface area contributed by atoms with Gasteiger partial charge in [0.25, 0.3) is 0 Å². The van der Waals surface area contributed by atoms with Crippen LogP contribution in [0.2, 0.25) is 0 Å². The van der Waals surface area contributed by atoms with Crippen molar-refractivity contribution in [1.29, 1.82) is 0 Å². The Balaban J connectivity index is 1.95. The van der Waals surface area contributed by atoms with E-state index in [1.165, 1.54) is 9.13 Å². The quantitative estimate of drug-likeness (QED) is 0.785. The van der Waals surface area contributed by atoms with Crippen LogP contribution in [-0.4, -0.2) is 17.9 Å². The van der Waals surface area contributed by atoms with Crippen molar-refractivity contribution in [2.75, 3.05) is 7.05 Å². The highest BCUT2D eigenvalue weighted by Gasteiger charge is 2.31. The fourth-order valence-electron chi connectivity index (χ4n) is 1.58. The van der Waals surface area contributed by atoms with E-state index in [2.05, 4.69) is 46.9 Å². The van der Waals surface area contributed by atoms with E-state index in [1.807, 2.05) is 11.9 Å². The van der Waals surface area contributed by atoms with Gasteiger partial charge in [-0.25, -0.2) is 0 Å². The van der Waals surface area contributed by atoms with E-state index in [-0.39, 0.29) is 0 Å². The first kappa shape index (κ1) is 10.9. The fourth-order valence-corrected chi connectivity index (χ4v) is 1.94. The maximum atomic E-state index is 11.7. The molecular weight excluding hydrogens is 301 g/mol. The number of benzene rings is 1. The highest BCUT2D eigenvalue weighted by molar-refractivity contribution is 14.1. The van der Waals surface area contributed by atoms with Crippen molar-refractivity contribution in [3.05, 3.63) is 33.4 Å². The van der Waals surface area contributed by atoms with Gasteiger partial charge in [-0.1, -0.05) is 12.1 Å². The smallest absolute Gasteiger partial charge is 0.225 e. The van der Waals surface area contributed by atoms with Crippen LogP contribution in [0.4, 0.5) is 0 Å². The van der Waals surface area contributed by atoms with E-state index < -0.39 is 0 Å². The summed E-state index contributed by atoms with van der Waals surface area (Å²) in [5, 5.41) is 0. The van der Waals surface area contributed by atoms with Crippen molar-refractivity contribution in [1.82, 2.24) is 4.90 Å². The van der Waals surface area contributed by atoms with Crippen LogP contribution < -0.4 is 0 Å². The van der Waals surface area contributed by atoms with Gasteiger partial charge in [0.05, 0.1) is 0 Å². The minimum absolute atomic E-state index is 0.300. The van der Waals surface area contributed by atoms with E-state index in [9.17, 15) is 4.79 Å². The zero-order chi connectivity index (χ0) is 10.8. The van der Waals surface area contributed by atoms with Gasteiger partial charge >= 0.3 is 0 Å². The van der Waals surface area contributed by atoms with Crippen LogP contribution in [0.5, 0.6) is 0 Å². The van der Waals surface area contributed by atoms with Gasteiger partial charge < -0.3 is 4.90 Å². The molecule has 3 heteroatoms. The number of hydrogen-bond donors (Lipinski definition) is 0. The fraction of sp³-hybridized carbons (Fsp3) is 0.417. The molecule has 80 valence electrons. The average molecular weight is 315 g/mol. The lowest BCUT2D eigenvalue weighted by Gasteiger charge is -2.16. The molecule has 0 radical (unpaired) electrons. The van der Waals surface area contributed by atoms with Crippen LogP contribution >= 0.6 is 22.6 Å².